The molecule has 1 atom stereocenters. The molecule has 2 heterocycles. The van der Waals surface area contributed by atoms with Gasteiger partial charge in [0.25, 0.3) is 5.91 Å². The van der Waals surface area contributed by atoms with Crippen LogP contribution in [0, 0.1) is 19.8 Å². The Morgan fingerprint density at radius 3 is 2.71 bits per heavy atom. The molecule has 7 heteroatoms. The van der Waals surface area contributed by atoms with Gasteiger partial charge in [-0.05, 0) is 51.3 Å². The molecule has 7 nitrogen and oxygen atoms in total. The molecular weight excluding hydrogens is 394 g/mol. The molecule has 0 bridgehead atoms. The van der Waals surface area contributed by atoms with Crippen molar-refractivity contribution < 1.29 is 18.8 Å². The van der Waals surface area contributed by atoms with Gasteiger partial charge in [0.1, 0.15) is 11.5 Å². The highest BCUT2D eigenvalue weighted by Crippen LogP contribution is 2.38. The largest absolute Gasteiger partial charge is 0.479 e. The minimum atomic E-state index is -0.580. The highest BCUT2D eigenvalue weighted by atomic mass is 16.5. The maximum Gasteiger partial charge on any atom is 0.268 e. The monoisotopic (exact) mass is 425 g/mol. The van der Waals surface area contributed by atoms with Crippen molar-refractivity contribution in [1.29, 1.82) is 0 Å². The number of fused-ring (bicyclic) bond motifs is 1. The Hall–Kier alpha value is -2.83. The summed E-state index contributed by atoms with van der Waals surface area (Å²) in [5.74, 6) is 1.87. The van der Waals surface area contributed by atoms with E-state index < -0.39 is 6.10 Å². The number of rotatable bonds is 6. The number of anilines is 2. The van der Waals surface area contributed by atoms with Crippen molar-refractivity contribution in [2.45, 2.75) is 78.4 Å². The average Bonchev–Trinajstić information content (AvgIpc) is 3.08. The van der Waals surface area contributed by atoms with Crippen LogP contribution in [0.15, 0.2) is 22.7 Å². The molecular formula is C24H31N3O4. The fourth-order valence-corrected chi connectivity index (χ4v) is 4.57. The Bertz CT molecular complexity index is 942. The number of carbonyl (C=O) groups excluding carboxylic acids is 2. The van der Waals surface area contributed by atoms with Crippen molar-refractivity contribution in [2.24, 2.45) is 5.92 Å². The molecule has 0 saturated heterocycles. The zero-order valence-corrected chi connectivity index (χ0v) is 18.6. The first kappa shape index (κ1) is 21.4. The number of nitrogens with one attached hydrogen (secondary N) is 1. The van der Waals surface area contributed by atoms with E-state index in [1.807, 2.05) is 32.0 Å². The first-order chi connectivity index (χ1) is 14.9. The second-order valence-electron chi connectivity index (χ2n) is 8.76. The predicted octanol–water partition coefficient (Wildman–Crippen LogP) is 4.90. The van der Waals surface area contributed by atoms with Crippen molar-refractivity contribution in [1.82, 2.24) is 5.16 Å². The topological polar surface area (TPSA) is 84.7 Å². The van der Waals surface area contributed by atoms with Gasteiger partial charge in [0.2, 0.25) is 5.91 Å². The number of ether oxygens (including phenoxy) is 1. The Kier molecular flexibility index (Phi) is 6.30. The molecule has 2 amide bonds. The van der Waals surface area contributed by atoms with Crippen LogP contribution < -0.4 is 15.0 Å². The molecule has 1 saturated carbocycles. The summed E-state index contributed by atoms with van der Waals surface area (Å²) in [5.41, 5.74) is 2.96. The van der Waals surface area contributed by atoms with Crippen LogP contribution in [0.25, 0.3) is 0 Å². The summed E-state index contributed by atoms with van der Waals surface area (Å²) < 4.78 is 11.1. The highest BCUT2D eigenvalue weighted by Gasteiger charge is 2.33. The van der Waals surface area contributed by atoms with E-state index in [0.717, 1.165) is 17.7 Å². The lowest BCUT2D eigenvalue weighted by Gasteiger charge is -2.33. The summed E-state index contributed by atoms with van der Waals surface area (Å²) in [7, 11) is 0. The highest BCUT2D eigenvalue weighted by molar-refractivity contribution is 6.01. The zero-order chi connectivity index (χ0) is 22.0. The van der Waals surface area contributed by atoms with Crippen molar-refractivity contribution in [3.63, 3.8) is 0 Å². The molecule has 0 spiro atoms. The lowest BCUT2D eigenvalue weighted by atomic mass is 9.86. The quantitative estimate of drug-likeness (QED) is 0.711. The van der Waals surface area contributed by atoms with Crippen LogP contribution in [0.3, 0.4) is 0 Å². The molecule has 1 aliphatic heterocycles. The predicted molar refractivity (Wildman–Crippen MR) is 118 cm³/mol. The smallest absolute Gasteiger partial charge is 0.268 e. The fourth-order valence-electron chi connectivity index (χ4n) is 4.57. The molecule has 1 aromatic carbocycles. The number of aryl methyl sites for hydroxylation is 2. The lowest BCUT2D eigenvalue weighted by Crippen LogP contribution is -2.44. The Balaban J connectivity index is 1.49. The number of hydrogen-bond donors (Lipinski definition) is 1. The molecule has 4 rings (SSSR count). The van der Waals surface area contributed by atoms with Gasteiger partial charge in [-0.25, -0.2) is 0 Å². The molecule has 1 aromatic heterocycles. The van der Waals surface area contributed by atoms with E-state index >= 15 is 0 Å². The fraction of sp³-hybridized carbons (Fsp3) is 0.542. The summed E-state index contributed by atoms with van der Waals surface area (Å²) >= 11 is 0. The van der Waals surface area contributed by atoms with E-state index in [0.29, 0.717) is 41.8 Å². The van der Waals surface area contributed by atoms with Gasteiger partial charge in [-0.2, -0.15) is 0 Å². The lowest BCUT2D eigenvalue weighted by molar-refractivity contribution is -0.125. The average molecular weight is 426 g/mol. The summed E-state index contributed by atoms with van der Waals surface area (Å²) in [6.07, 6.45) is 7.24. The summed E-state index contributed by atoms with van der Waals surface area (Å²) in [6.45, 7) is 5.80. The van der Waals surface area contributed by atoms with Gasteiger partial charge in [0, 0.05) is 17.7 Å². The third-order valence-corrected chi connectivity index (χ3v) is 6.45. The molecule has 0 radical (unpaired) electrons. The van der Waals surface area contributed by atoms with Crippen LogP contribution in [-0.4, -0.2) is 23.1 Å². The van der Waals surface area contributed by atoms with E-state index in [-0.39, 0.29) is 11.8 Å². The van der Waals surface area contributed by atoms with E-state index in [4.69, 9.17) is 9.26 Å². The van der Waals surface area contributed by atoms with Crippen molar-refractivity contribution >= 4 is 23.2 Å². The Labute approximate surface area is 183 Å². The van der Waals surface area contributed by atoms with Crippen molar-refractivity contribution in [2.75, 3.05) is 10.2 Å². The van der Waals surface area contributed by atoms with Gasteiger partial charge in [-0.15, -0.1) is 0 Å². The maximum absolute atomic E-state index is 12.9. The Morgan fingerprint density at radius 2 is 2.00 bits per heavy atom. The van der Waals surface area contributed by atoms with Gasteiger partial charge in [0.15, 0.2) is 6.10 Å². The van der Waals surface area contributed by atoms with Crippen LogP contribution in [-0.2, 0) is 16.1 Å². The van der Waals surface area contributed by atoms with Gasteiger partial charge >= 0.3 is 0 Å². The molecule has 1 aliphatic carbocycles. The number of benzene rings is 1. The van der Waals surface area contributed by atoms with Gasteiger partial charge in [-0.3, -0.25) is 9.59 Å². The van der Waals surface area contributed by atoms with Gasteiger partial charge in [-0.1, -0.05) is 37.3 Å². The molecule has 2 aliphatic rings. The molecule has 1 fully saturated rings. The molecule has 1 unspecified atom stereocenters. The SMILES string of the molecule is Cc1noc(C)c1CN1C(=O)C(C)Oc2ccc(NC(=O)CCC3CCCCC3)cc21. The van der Waals surface area contributed by atoms with Crippen LogP contribution in [0.4, 0.5) is 11.4 Å². The second-order valence-corrected chi connectivity index (χ2v) is 8.76. The first-order valence-electron chi connectivity index (χ1n) is 11.3. The van der Waals surface area contributed by atoms with E-state index in [1.165, 1.54) is 32.1 Å². The standard InChI is InChI=1S/C24H31N3O4/c1-15-20(16(2)31-26-15)14-27-21-13-19(10-11-22(21)30-17(3)24(27)29)25-23(28)12-9-18-7-5-4-6-8-18/h10-11,13,17-18H,4-9,12,14H2,1-3H3,(H,25,28). The normalized spacial score (nSPS) is 19.1. The minimum Gasteiger partial charge on any atom is -0.479 e. The van der Waals surface area contributed by atoms with Gasteiger partial charge in [0.05, 0.1) is 17.9 Å². The number of aromatic nitrogens is 1. The Morgan fingerprint density at radius 1 is 1.23 bits per heavy atom. The van der Waals surface area contributed by atoms with Crippen LogP contribution in [0.5, 0.6) is 5.75 Å². The number of nitrogens with zero attached hydrogens (tertiary/aromatic N) is 2. The molecule has 2 aromatic rings. The molecule has 166 valence electrons. The number of amides is 2. The van der Waals surface area contributed by atoms with Crippen molar-refractivity contribution in [3.8, 4) is 5.75 Å². The number of hydrogen-bond acceptors (Lipinski definition) is 5. The van der Waals surface area contributed by atoms with Gasteiger partial charge < -0.3 is 19.5 Å². The van der Waals surface area contributed by atoms with Crippen LogP contribution in [0.1, 0.15) is 68.9 Å². The third-order valence-electron chi connectivity index (χ3n) is 6.45. The minimum absolute atomic E-state index is 0.0132. The van der Waals surface area contributed by atoms with Crippen molar-refractivity contribution in [3.05, 3.63) is 35.2 Å². The number of carbonyl (C=O) groups is 2. The summed E-state index contributed by atoms with van der Waals surface area (Å²) in [5, 5.41) is 6.99. The van der Waals surface area contributed by atoms with Crippen LogP contribution in [0.2, 0.25) is 0 Å². The van der Waals surface area contributed by atoms with E-state index in [9.17, 15) is 9.59 Å². The van der Waals surface area contributed by atoms with Crippen LogP contribution >= 0.6 is 0 Å². The third kappa shape index (κ3) is 4.75. The first-order valence-corrected chi connectivity index (χ1v) is 11.3. The van der Waals surface area contributed by atoms with E-state index in [2.05, 4.69) is 10.5 Å². The second kappa shape index (κ2) is 9.12. The van der Waals surface area contributed by atoms with E-state index in [1.54, 1.807) is 11.8 Å². The molecule has 31 heavy (non-hydrogen) atoms. The zero-order valence-electron chi connectivity index (χ0n) is 18.6. The maximum atomic E-state index is 12.9. The summed E-state index contributed by atoms with van der Waals surface area (Å²) in [6, 6.07) is 5.46. The summed E-state index contributed by atoms with van der Waals surface area (Å²) in [4.78, 5) is 27.1. The molecule has 1 N–H and O–H groups in total.